The van der Waals surface area contributed by atoms with Gasteiger partial charge in [-0.1, -0.05) is 12.1 Å². The lowest BCUT2D eigenvalue weighted by molar-refractivity contribution is 0.457. The first-order valence-corrected chi connectivity index (χ1v) is 9.76. The van der Waals surface area contributed by atoms with Crippen molar-refractivity contribution in [2.45, 2.75) is 26.8 Å². The summed E-state index contributed by atoms with van der Waals surface area (Å²) in [5.74, 6) is 0.144. The van der Waals surface area contributed by atoms with Crippen molar-refractivity contribution in [3.8, 4) is 5.88 Å². The van der Waals surface area contributed by atoms with Crippen LogP contribution in [0.15, 0.2) is 60.1 Å². The van der Waals surface area contributed by atoms with Crippen LogP contribution in [0.4, 0.5) is 11.4 Å². The van der Waals surface area contributed by atoms with Crippen LogP contribution in [0.2, 0.25) is 0 Å². The van der Waals surface area contributed by atoms with Gasteiger partial charge in [-0.2, -0.15) is 0 Å². The predicted octanol–water partition coefficient (Wildman–Crippen LogP) is 4.94. The summed E-state index contributed by atoms with van der Waals surface area (Å²) < 4.78 is 2.08. The van der Waals surface area contributed by atoms with E-state index in [1.165, 1.54) is 0 Å². The van der Waals surface area contributed by atoms with Crippen LogP contribution in [0.5, 0.6) is 5.88 Å². The summed E-state index contributed by atoms with van der Waals surface area (Å²) >= 11 is 0. The third kappa shape index (κ3) is 4.16. The third-order valence-corrected chi connectivity index (χ3v) is 5.07. The second-order valence-electron chi connectivity index (χ2n) is 7.22. The second-order valence-corrected chi connectivity index (χ2v) is 7.22. The summed E-state index contributed by atoms with van der Waals surface area (Å²) in [4.78, 5) is 11.7. The van der Waals surface area contributed by atoms with Crippen molar-refractivity contribution in [2.24, 2.45) is 4.99 Å². The zero-order valence-electron chi connectivity index (χ0n) is 16.7. The molecule has 148 valence electrons. The molecule has 0 aliphatic carbocycles. The van der Waals surface area contributed by atoms with Gasteiger partial charge in [0.15, 0.2) is 5.88 Å². The van der Waals surface area contributed by atoms with Crippen LogP contribution in [0.3, 0.4) is 0 Å². The molecular formula is C23H25N5O. The number of aliphatic imine (C=N–C) groups is 1. The standard InChI is InChI=1S/C23H25N5O/c1-16-5-3-6-21-22(16)19(23(29)27-21)14-26-18-7-8-20(17(2)13-18)25-9-4-11-28-12-10-24-15-28/h3,5-8,10,12-15,25,27,29H,4,9,11H2,1-2H3. The first-order valence-electron chi connectivity index (χ1n) is 9.76. The molecule has 4 aromatic rings. The molecule has 0 bridgehead atoms. The highest BCUT2D eigenvalue weighted by molar-refractivity contribution is 6.04. The SMILES string of the molecule is Cc1cc(N=Cc2c(O)[nH]c3cccc(C)c23)ccc1NCCCn1ccnc1. The highest BCUT2D eigenvalue weighted by Gasteiger charge is 2.10. The van der Waals surface area contributed by atoms with Gasteiger partial charge in [-0.25, -0.2) is 4.98 Å². The molecule has 0 aliphatic heterocycles. The Morgan fingerprint density at radius 3 is 2.90 bits per heavy atom. The smallest absolute Gasteiger partial charge is 0.198 e. The second kappa shape index (κ2) is 8.22. The maximum atomic E-state index is 10.3. The van der Waals surface area contributed by atoms with Gasteiger partial charge in [0, 0.05) is 48.3 Å². The largest absolute Gasteiger partial charge is 0.494 e. The third-order valence-electron chi connectivity index (χ3n) is 5.07. The van der Waals surface area contributed by atoms with Crippen LogP contribution < -0.4 is 5.32 Å². The van der Waals surface area contributed by atoms with Gasteiger partial charge in [0.05, 0.1) is 17.6 Å². The highest BCUT2D eigenvalue weighted by atomic mass is 16.3. The molecule has 6 nitrogen and oxygen atoms in total. The summed E-state index contributed by atoms with van der Waals surface area (Å²) in [6.45, 7) is 5.95. The lowest BCUT2D eigenvalue weighted by Gasteiger charge is -2.10. The minimum absolute atomic E-state index is 0.144. The van der Waals surface area contributed by atoms with E-state index in [0.29, 0.717) is 0 Å². The molecule has 0 unspecified atom stereocenters. The lowest BCUT2D eigenvalue weighted by Crippen LogP contribution is -2.06. The normalized spacial score (nSPS) is 11.5. The number of rotatable bonds is 7. The summed E-state index contributed by atoms with van der Waals surface area (Å²) in [6.07, 6.45) is 8.37. The van der Waals surface area contributed by atoms with Gasteiger partial charge >= 0.3 is 0 Å². The maximum Gasteiger partial charge on any atom is 0.198 e. The molecule has 3 N–H and O–H groups in total. The van der Waals surface area contributed by atoms with Crippen LogP contribution in [0.1, 0.15) is 23.1 Å². The number of hydrogen-bond donors (Lipinski definition) is 3. The molecule has 0 aliphatic rings. The van der Waals surface area contributed by atoms with E-state index in [4.69, 9.17) is 0 Å². The van der Waals surface area contributed by atoms with Crippen LogP contribution in [-0.2, 0) is 6.54 Å². The Kier molecular flexibility index (Phi) is 5.33. The van der Waals surface area contributed by atoms with Gasteiger partial charge in [0.2, 0.25) is 0 Å². The minimum Gasteiger partial charge on any atom is -0.494 e. The van der Waals surface area contributed by atoms with Crippen LogP contribution >= 0.6 is 0 Å². The van der Waals surface area contributed by atoms with E-state index < -0.39 is 0 Å². The Labute approximate surface area is 170 Å². The van der Waals surface area contributed by atoms with Crippen molar-refractivity contribution in [3.05, 3.63) is 71.8 Å². The number of benzene rings is 2. The number of imidazole rings is 1. The molecule has 2 aromatic carbocycles. The minimum atomic E-state index is 0.144. The zero-order valence-corrected chi connectivity index (χ0v) is 16.7. The van der Waals surface area contributed by atoms with Gasteiger partial charge < -0.3 is 20.0 Å². The summed E-state index contributed by atoms with van der Waals surface area (Å²) in [7, 11) is 0. The fraction of sp³-hybridized carbons (Fsp3) is 0.217. The van der Waals surface area contributed by atoms with Gasteiger partial charge in [0.25, 0.3) is 0 Å². The molecule has 0 radical (unpaired) electrons. The van der Waals surface area contributed by atoms with E-state index in [2.05, 4.69) is 37.8 Å². The Morgan fingerprint density at radius 2 is 2.10 bits per heavy atom. The molecule has 6 heteroatoms. The fourth-order valence-corrected chi connectivity index (χ4v) is 3.54. The molecule has 29 heavy (non-hydrogen) atoms. The molecular weight excluding hydrogens is 362 g/mol. The average molecular weight is 387 g/mol. The van der Waals surface area contributed by atoms with Crippen molar-refractivity contribution < 1.29 is 5.11 Å². The van der Waals surface area contributed by atoms with Crippen molar-refractivity contribution in [2.75, 3.05) is 11.9 Å². The topological polar surface area (TPSA) is 78.2 Å². The molecule has 4 rings (SSSR count). The van der Waals surface area contributed by atoms with Crippen molar-refractivity contribution in [1.82, 2.24) is 14.5 Å². The molecule has 2 aromatic heterocycles. The maximum absolute atomic E-state index is 10.3. The predicted molar refractivity (Wildman–Crippen MR) is 118 cm³/mol. The van der Waals surface area contributed by atoms with E-state index in [0.717, 1.165) is 58.5 Å². The zero-order chi connectivity index (χ0) is 20.2. The molecule has 0 saturated heterocycles. The van der Waals surface area contributed by atoms with E-state index in [1.54, 1.807) is 12.4 Å². The number of fused-ring (bicyclic) bond motifs is 1. The van der Waals surface area contributed by atoms with Crippen molar-refractivity contribution in [3.63, 3.8) is 0 Å². The number of nitrogens with zero attached hydrogens (tertiary/aromatic N) is 3. The summed E-state index contributed by atoms with van der Waals surface area (Å²) in [5, 5.41) is 14.7. The molecule has 0 saturated carbocycles. The quantitative estimate of drug-likeness (QED) is 0.310. The highest BCUT2D eigenvalue weighted by Crippen LogP contribution is 2.29. The Bertz CT molecular complexity index is 1140. The molecule has 0 fully saturated rings. The average Bonchev–Trinajstić information content (AvgIpc) is 3.33. The number of aromatic nitrogens is 3. The van der Waals surface area contributed by atoms with E-state index in [1.807, 2.05) is 49.8 Å². The van der Waals surface area contributed by atoms with Gasteiger partial charge in [0.1, 0.15) is 0 Å². The Hall–Kier alpha value is -3.54. The summed E-state index contributed by atoms with van der Waals surface area (Å²) in [5.41, 5.74) is 5.84. The van der Waals surface area contributed by atoms with Gasteiger partial charge in [-0.3, -0.25) is 4.99 Å². The number of aromatic amines is 1. The van der Waals surface area contributed by atoms with E-state index >= 15 is 0 Å². The number of aryl methyl sites for hydroxylation is 3. The Balaban J connectivity index is 1.44. The van der Waals surface area contributed by atoms with Gasteiger partial charge in [-0.15, -0.1) is 0 Å². The molecule has 0 spiro atoms. The fourth-order valence-electron chi connectivity index (χ4n) is 3.54. The monoisotopic (exact) mass is 387 g/mol. The lowest BCUT2D eigenvalue weighted by atomic mass is 10.1. The number of H-pyrrole nitrogens is 1. The molecule has 0 amide bonds. The van der Waals surface area contributed by atoms with Crippen molar-refractivity contribution >= 4 is 28.5 Å². The van der Waals surface area contributed by atoms with E-state index in [9.17, 15) is 5.11 Å². The van der Waals surface area contributed by atoms with E-state index in [-0.39, 0.29) is 5.88 Å². The van der Waals surface area contributed by atoms with Crippen LogP contribution in [0, 0.1) is 13.8 Å². The first kappa shape index (κ1) is 18.8. The number of nitrogens with one attached hydrogen (secondary N) is 2. The number of anilines is 1. The first-order chi connectivity index (χ1) is 14.1. The van der Waals surface area contributed by atoms with Crippen LogP contribution in [0.25, 0.3) is 10.9 Å². The molecule has 2 heterocycles. The molecule has 0 atom stereocenters. The Morgan fingerprint density at radius 1 is 1.21 bits per heavy atom. The van der Waals surface area contributed by atoms with Crippen molar-refractivity contribution in [1.29, 1.82) is 0 Å². The summed E-state index contributed by atoms with van der Waals surface area (Å²) in [6, 6.07) is 12.0. The van der Waals surface area contributed by atoms with Crippen LogP contribution in [-0.4, -0.2) is 32.4 Å². The number of hydrogen-bond acceptors (Lipinski definition) is 4. The number of aromatic hydroxyl groups is 1. The van der Waals surface area contributed by atoms with Gasteiger partial charge in [-0.05, 0) is 55.7 Å².